The molecule has 1 unspecified atom stereocenters. The molecule has 0 aliphatic rings. The molecule has 0 aromatic carbocycles. The van der Waals surface area contributed by atoms with Crippen molar-refractivity contribution in [1.29, 1.82) is 0 Å². The molecule has 0 radical (unpaired) electrons. The molecule has 7 nitrogen and oxygen atoms in total. The summed E-state index contributed by atoms with van der Waals surface area (Å²) in [6.45, 7) is 3.43. The second-order valence-electron chi connectivity index (χ2n) is 4.16. The maximum Gasteiger partial charge on any atom is 0.246 e. The van der Waals surface area contributed by atoms with Gasteiger partial charge in [0, 0.05) is 26.6 Å². The third kappa shape index (κ3) is 2.88. The highest BCUT2D eigenvalue weighted by Gasteiger charge is 2.26. The molecule has 1 heterocycles. The van der Waals surface area contributed by atoms with Gasteiger partial charge in [-0.15, -0.1) is 0 Å². The number of sulfonamides is 1. The molecule has 1 aromatic heterocycles. The van der Waals surface area contributed by atoms with E-state index in [4.69, 9.17) is 0 Å². The van der Waals surface area contributed by atoms with Crippen molar-refractivity contribution in [3.05, 3.63) is 11.9 Å². The van der Waals surface area contributed by atoms with Crippen LogP contribution in [0.4, 0.5) is 0 Å². The number of hydrogen-bond acceptors (Lipinski definition) is 4. The molecule has 0 aliphatic carbocycles. The van der Waals surface area contributed by atoms with Crippen molar-refractivity contribution in [2.75, 3.05) is 20.6 Å². The maximum absolute atomic E-state index is 12.2. The van der Waals surface area contributed by atoms with Gasteiger partial charge in [0.2, 0.25) is 15.9 Å². The molecule has 1 atom stereocenters. The number of nitrogens with zero attached hydrogens (tertiary/aromatic N) is 2. The molecular weight excluding hydrogens is 256 g/mol. The Morgan fingerprint density at radius 2 is 2.22 bits per heavy atom. The van der Waals surface area contributed by atoms with Crippen LogP contribution in [-0.4, -0.2) is 49.5 Å². The second kappa shape index (κ2) is 5.49. The zero-order valence-corrected chi connectivity index (χ0v) is 11.7. The molecular formula is C10H18N4O3S. The summed E-state index contributed by atoms with van der Waals surface area (Å²) in [5, 5.41) is 8.76. The zero-order chi connectivity index (χ0) is 13.9. The third-order valence-corrected chi connectivity index (χ3v) is 4.63. The lowest BCUT2D eigenvalue weighted by Gasteiger charge is -2.20. The van der Waals surface area contributed by atoms with E-state index < -0.39 is 15.9 Å². The van der Waals surface area contributed by atoms with Crippen LogP contribution in [0.3, 0.4) is 0 Å². The fourth-order valence-corrected chi connectivity index (χ4v) is 2.95. The molecule has 0 spiro atoms. The first-order valence-electron chi connectivity index (χ1n) is 5.48. The summed E-state index contributed by atoms with van der Waals surface area (Å²) >= 11 is 0. The molecule has 0 aliphatic heterocycles. The summed E-state index contributed by atoms with van der Waals surface area (Å²) in [4.78, 5) is 11.5. The van der Waals surface area contributed by atoms with Gasteiger partial charge >= 0.3 is 0 Å². The largest absolute Gasteiger partial charge is 0.359 e. The van der Waals surface area contributed by atoms with Crippen molar-refractivity contribution < 1.29 is 13.2 Å². The monoisotopic (exact) mass is 274 g/mol. The first-order valence-corrected chi connectivity index (χ1v) is 6.92. The molecule has 1 amide bonds. The molecule has 0 bridgehead atoms. The predicted octanol–water partition coefficient (Wildman–Crippen LogP) is -0.279. The molecule has 8 heteroatoms. The molecule has 1 rings (SSSR count). The molecule has 0 saturated carbocycles. The van der Waals surface area contributed by atoms with Crippen LogP contribution in [0.2, 0.25) is 0 Å². The lowest BCUT2D eigenvalue weighted by Crippen LogP contribution is -2.37. The van der Waals surface area contributed by atoms with Gasteiger partial charge in [0.1, 0.15) is 4.90 Å². The number of nitrogens with one attached hydrogen (secondary N) is 2. The zero-order valence-electron chi connectivity index (χ0n) is 10.9. The summed E-state index contributed by atoms with van der Waals surface area (Å²) < 4.78 is 25.5. The van der Waals surface area contributed by atoms with E-state index in [2.05, 4.69) is 15.5 Å². The van der Waals surface area contributed by atoms with Crippen LogP contribution in [0.15, 0.2) is 11.1 Å². The minimum atomic E-state index is -3.60. The number of hydrogen-bond donors (Lipinski definition) is 2. The number of H-pyrrole nitrogens is 1. The average Bonchev–Trinajstić information content (AvgIpc) is 2.74. The van der Waals surface area contributed by atoms with Gasteiger partial charge in [-0.25, -0.2) is 12.7 Å². The average molecular weight is 274 g/mol. The Bertz CT molecular complexity index is 523. The minimum absolute atomic E-state index is 0.118. The van der Waals surface area contributed by atoms with Gasteiger partial charge in [0.25, 0.3) is 0 Å². The van der Waals surface area contributed by atoms with Gasteiger partial charge < -0.3 is 5.32 Å². The molecule has 0 fully saturated rings. The van der Waals surface area contributed by atoms with Crippen LogP contribution in [0, 0.1) is 12.8 Å². The first-order chi connectivity index (χ1) is 8.30. The first kappa shape index (κ1) is 14.7. The van der Waals surface area contributed by atoms with Crippen LogP contribution >= 0.6 is 0 Å². The van der Waals surface area contributed by atoms with Crippen LogP contribution in [0.25, 0.3) is 0 Å². The van der Waals surface area contributed by atoms with E-state index in [1.807, 2.05) is 0 Å². The van der Waals surface area contributed by atoms with E-state index in [9.17, 15) is 13.2 Å². The van der Waals surface area contributed by atoms with E-state index in [0.717, 1.165) is 4.31 Å². The normalized spacial score (nSPS) is 13.6. The quantitative estimate of drug-likeness (QED) is 0.772. The topological polar surface area (TPSA) is 95.2 Å². The SMILES string of the molecule is CNC(=O)C(C)CN(C)S(=O)(=O)c1cn[nH]c1C. The van der Waals surface area contributed by atoms with Crippen LogP contribution in [0.5, 0.6) is 0 Å². The van der Waals surface area contributed by atoms with E-state index >= 15 is 0 Å². The second-order valence-corrected chi connectivity index (χ2v) is 6.17. The van der Waals surface area contributed by atoms with Gasteiger partial charge in [-0.1, -0.05) is 6.92 Å². The van der Waals surface area contributed by atoms with Crippen molar-refractivity contribution in [3.63, 3.8) is 0 Å². The summed E-state index contributed by atoms with van der Waals surface area (Å²) in [6.07, 6.45) is 1.27. The number of aromatic nitrogens is 2. The highest BCUT2D eigenvalue weighted by Crippen LogP contribution is 2.17. The third-order valence-electron chi connectivity index (χ3n) is 2.70. The van der Waals surface area contributed by atoms with Gasteiger partial charge in [-0.2, -0.15) is 5.10 Å². The highest BCUT2D eigenvalue weighted by molar-refractivity contribution is 7.89. The summed E-state index contributed by atoms with van der Waals surface area (Å²) in [7, 11) is -0.637. The van der Waals surface area contributed by atoms with E-state index in [0.29, 0.717) is 5.69 Å². The lowest BCUT2D eigenvalue weighted by atomic mass is 10.2. The van der Waals surface area contributed by atoms with Crippen molar-refractivity contribution >= 4 is 15.9 Å². The minimum Gasteiger partial charge on any atom is -0.359 e. The van der Waals surface area contributed by atoms with E-state index in [1.165, 1.54) is 20.3 Å². The number of rotatable bonds is 5. The van der Waals surface area contributed by atoms with E-state index in [1.54, 1.807) is 13.8 Å². The van der Waals surface area contributed by atoms with E-state index in [-0.39, 0.29) is 17.3 Å². The van der Waals surface area contributed by atoms with Gasteiger partial charge in [-0.05, 0) is 6.92 Å². The highest BCUT2D eigenvalue weighted by atomic mass is 32.2. The Labute approximate surface area is 107 Å². The number of carbonyl (C=O) groups excluding carboxylic acids is 1. The Morgan fingerprint density at radius 3 is 2.67 bits per heavy atom. The molecule has 18 heavy (non-hydrogen) atoms. The van der Waals surface area contributed by atoms with Crippen molar-refractivity contribution in [2.24, 2.45) is 5.92 Å². The Balaban J connectivity index is 2.88. The van der Waals surface area contributed by atoms with Gasteiger partial charge in [0.05, 0.1) is 11.9 Å². The number of aromatic amines is 1. The smallest absolute Gasteiger partial charge is 0.246 e. The predicted molar refractivity (Wildman–Crippen MR) is 66.4 cm³/mol. The maximum atomic E-state index is 12.2. The molecule has 2 N–H and O–H groups in total. The summed E-state index contributed by atoms with van der Waals surface area (Å²) in [6, 6.07) is 0. The number of aryl methyl sites for hydroxylation is 1. The fourth-order valence-electron chi connectivity index (χ4n) is 1.58. The molecule has 102 valence electrons. The van der Waals surface area contributed by atoms with Gasteiger partial charge in [0.15, 0.2) is 0 Å². The van der Waals surface area contributed by atoms with Crippen molar-refractivity contribution in [1.82, 2.24) is 19.8 Å². The van der Waals surface area contributed by atoms with Crippen molar-refractivity contribution in [3.8, 4) is 0 Å². The lowest BCUT2D eigenvalue weighted by molar-refractivity contribution is -0.124. The molecule has 0 saturated heterocycles. The summed E-state index contributed by atoms with van der Waals surface area (Å²) in [5.41, 5.74) is 0.481. The number of amides is 1. The van der Waals surface area contributed by atoms with Crippen LogP contribution in [0.1, 0.15) is 12.6 Å². The standard InChI is InChI=1S/C10H18N4O3S/c1-7(10(15)11-3)6-14(4)18(16,17)9-5-12-13-8(9)2/h5,7H,6H2,1-4H3,(H,11,15)(H,12,13). The van der Waals surface area contributed by atoms with Gasteiger partial charge in [-0.3, -0.25) is 9.89 Å². The van der Waals surface area contributed by atoms with Crippen LogP contribution < -0.4 is 5.32 Å². The Hall–Kier alpha value is -1.41. The Morgan fingerprint density at radius 1 is 1.61 bits per heavy atom. The Kier molecular flexibility index (Phi) is 4.47. The molecule has 1 aromatic rings. The summed E-state index contributed by atoms with van der Waals surface area (Å²) in [5.74, 6) is -0.608. The fraction of sp³-hybridized carbons (Fsp3) is 0.600. The van der Waals surface area contributed by atoms with Crippen molar-refractivity contribution in [2.45, 2.75) is 18.7 Å². The number of carbonyl (C=O) groups is 1. The van der Waals surface area contributed by atoms with Crippen LogP contribution in [-0.2, 0) is 14.8 Å².